The minimum Gasteiger partial charge on any atom is -0.353 e. The maximum absolute atomic E-state index is 11.0. The Morgan fingerprint density at radius 3 is 2.45 bits per heavy atom. The second-order valence-electron chi connectivity index (χ2n) is 6.27. The summed E-state index contributed by atoms with van der Waals surface area (Å²) in [7, 11) is 0. The smallest absolute Gasteiger partial charge is 0.243 e. The minimum absolute atomic E-state index is 0.0491. The number of unbranched alkanes of at least 4 members (excludes halogenated alkanes) is 3. The third-order valence-corrected chi connectivity index (χ3v) is 4.87. The number of allylic oxidation sites excluding steroid dienone is 2. The van der Waals surface area contributed by atoms with Gasteiger partial charge in [0.2, 0.25) is 5.91 Å². The fourth-order valence-corrected chi connectivity index (χ4v) is 3.18. The first-order valence-corrected chi connectivity index (χ1v) is 8.42. The molecule has 1 N–H and O–H groups in total. The highest BCUT2D eigenvalue weighted by atomic mass is 16.1. The SMILES string of the molecule is C=CC(=O)NCCCCCCC(=C1CCC1)C1CCC1. The summed E-state index contributed by atoms with van der Waals surface area (Å²) in [5, 5.41) is 2.84. The van der Waals surface area contributed by atoms with Crippen LogP contribution in [0.4, 0.5) is 0 Å². The van der Waals surface area contributed by atoms with Crippen molar-refractivity contribution in [3.05, 3.63) is 23.8 Å². The van der Waals surface area contributed by atoms with Gasteiger partial charge in [-0.05, 0) is 63.4 Å². The number of hydrogen-bond acceptors (Lipinski definition) is 1. The summed E-state index contributed by atoms with van der Waals surface area (Å²) in [4.78, 5) is 11.0. The summed E-state index contributed by atoms with van der Waals surface area (Å²) >= 11 is 0. The van der Waals surface area contributed by atoms with Crippen LogP contribution in [0, 0.1) is 5.92 Å². The van der Waals surface area contributed by atoms with Crippen LogP contribution in [0.3, 0.4) is 0 Å². The maximum atomic E-state index is 11.0. The van der Waals surface area contributed by atoms with Crippen LogP contribution in [0.15, 0.2) is 23.8 Å². The zero-order valence-corrected chi connectivity index (χ0v) is 12.8. The van der Waals surface area contributed by atoms with E-state index >= 15 is 0 Å². The molecule has 0 spiro atoms. The first-order chi connectivity index (χ1) is 9.81. The summed E-state index contributed by atoms with van der Waals surface area (Å²) in [6.07, 6.45) is 16.2. The highest BCUT2D eigenvalue weighted by Gasteiger charge is 2.25. The Hall–Kier alpha value is -1.05. The molecule has 2 aliphatic rings. The van der Waals surface area contributed by atoms with Gasteiger partial charge in [-0.3, -0.25) is 4.79 Å². The van der Waals surface area contributed by atoms with Gasteiger partial charge in [0.25, 0.3) is 0 Å². The lowest BCUT2D eigenvalue weighted by molar-refractivity contribution is -0.116. The average molecular weight is 275 g/mol. The van der Waals surface area contributed by atoms with Gasteiger partial charge in [-0.15, -0.1) is 0 Å². The Labute approximate surface area is 123 Å². The molecule has 20 heavy (non-hydrogen) atoms. The molecule has 2 fully saturated rings. The number of hydrogen-bond donors (Lipinski definition) is 1. The second-order valence-corrected chi connectivity index (χ2v) is 6.27. The predicted octanol–water partition coefficient (Wildman–Crippen LogP) is 4.52. The van der Waals surface area contributed by atoms with Gasteiger partial charge in [0.1, 0.15) is 0 Å². The van der Waals surface area contributed by atoms with Crippen molar-refractivity contribution in [3.63, 3.8) is 0 Å². The van der Waals surface area contributed by atoms with Gasteiger partial charge in [-0.1, -0.05) is 37.0 Å². The van der Waals surface area contributed by atoms with Crippen molar-refractivity contribution in [1.82, 2.24) is 5.32 Å². The molecular formula is C18H29NO. The van der Waals surface area contributed by atoms with Crippen LogP contribution in [0.1, 0.15) is 70.6 Å². The van der Waals surface area contributed by atoms with Crippen molar-refractivity contribution < 1.29 is 4.79 Å². The van der Waals surface area contributed by atoms with Crippen molar-refractivity contribution in [2.24, 2.45) is 5.92 Å². The number of amides is 1. The van der Waals surface area contributed by atoms with Crippen LogP contribution < -0.4 is 5.32 Å². The molecule has 0 unspecified atom stereocenters. The largest absolute Gasteiger partial charge is 0.353 e. The lowest BCUT2D eigenvalue weighted by atomic mass is 9.72. The van der Waals surface area contributed by atoms with Gasteiger partial charge >= 0.3 is 0 Å². The van der Waals surface area contributed by atoms with E-state index in [1.165, 1.54) is 70.3 Å². The molecule has 2 saturated carbocycles. The zero-order chi connectivity index (χ0) is 14.2. The van der Waals surface area contributed by atoms with Crippen molar-refractivity contribution in [2.45, 2.75) is 70.6 Å². The number of carbonyl (C=O) groups excluding carboxylic acids is 1. The molecule has 0 saturated heterocycles. The highest BCUT2D eigenvalue weighted by Crippen LogP contribution is 2.42. The molecule has 112 valence electrons. The summed E-state index contributed by atoms with van der Waals surface area (Å²) in [5.74, 6) is 0.907. The number of rotatable bonds is 9. The van der Waals surface area contributed by atoms with E-state index < -0.39 is 0 Å². The fraction of sp³-hybridized carbons (Fsp3) is 0.722. The van der Waals surface area contributed by atoms with Crippen molar-refractivity contribution in [3.8, 4) is 0 Å². The summed E-state index contributed by atoms with van der Waals surface area (Å²) in [5.41, 5.74) is 3.66. The van der Waals surface area contributed by atoms with Gasteiger partial charge in [-0.25, -0.2) is 0 Å². The first kappa shape index (κ1) is 15.3. The van der Waals surface area contributed by atoms with Crippen LogP contribution in [0.25, 0.3) is 0 Å². The molecule has 0 bridgehead atoms. The minimum atomic E-state index is -0.0491. The molecule has 0 aliphatic heterocycles. The van der Waals surface area contributed by atoms with Crippen molar-refractivity contribution >= 4 is 5.91 Å². The van der Waals surface area contributed by atoms with Gasteiger partial charge < -0.3 is 5.32 Å². The third kappa shape index (κ3) is 4.50. The topological polar surface area (TPSA) is 29.1 Å². The highest BCUT2D eigenvalue weighted by molar-refractivity contribution is 5.86. The molecule has 2 heteroatoms. The molecule has 0 heterocycles. The molecule has 0 radical (unpaired) electrons. The van der Waals surface area contributed by atoms with Gasteiger partial charge in [0.15, 0.2) is 0 Å². The molecular weight excluding hydrogens is 246 g/mol. The molecule has 2 rings (SSSR count). The molecule has 0 aromatic rings. The van der Waals surface area contributed by atoms with Crippen LogP contribution in [-0.4, -0.2) is 12.5 Å². The quantitative estimate of drug-likeness (QED) is 0.374. The Morgan fingerprint density at radius 2 is 1.90 bits per heavy atom. The Balaban J connectivity index is 1.55. The number of carbonyl (C=O) groups is 1. The summed E-state index contributed by atoms with van der Waals surface area (Å²) in [6, 6.07) is 0. The van der Waals surface area contributed by atoms with Crippen LogP contribution in [0.2, 0.25) is 0 Å². The van der Waals surface area contributed by atoms with Gasteiger partial charge in [0.05, 0.1) is 0 Å². The lowest BCUT2D eigenvalue weighted by Crippen LogP contribution is -2.21. The normalized spacial score (nSPS) is 18.1. The summed E-state index contributed by atoms with van der Waals surface area (Å²) < 4.78 is 0. The van der Waals surface area contributed by atoms with Crippen LogP contribution in [0.5, 0.6) is 0 Å². The van der Waals surface area contributed by atoms with Crippen LogP contribution in [-0.2, 0) is 4.79 Å². The zero-order valence-electron chi connectivity index (χ0n) is 12.8. The van der Waals surface area contributed by atoms with E-state index in [9.17, 15) is 4.79 Å². The van der Waals surface area contributed by atoms with Crippen LogP contribution >= 0.6 is 0 Å². The Kier molecular flexibility index (Phi) is 6.35. The molecule has 2 aliphatic carbocycles. The molecule has 0 atom stereocenters. The van der Waals surface area contributed by atoms with Crippen molar-refractivity contribution in [2.75, 3.05) is 6.54 Å². The number of nitrogens with one attached hydrogen (secondary N) is 1. The molecule has 0 aromatic carbocycles. The Bertz CT molecular complexity index is 360. The standard InChI is InChI=1S/C18H29NO/c1-2-18(20)19-14-6-4-3-5-13-17(15-9-7-10-15)16-11-8-12-16/h2,15H,1,3-14H2,(H,19,20). The van der Waals surface area contributed by atoms with E-state index in [0.29, 0.717) is 0 Å². The molecule has 0 aromatic heterocycles. The predicted molar refractivity (Wildman–Crippen MR) is 84.5 cm³/mol. The fourth-order valence-electron chi connectivity index (χ4n) is 3.18. The van der Waals surface area contributed by atoms with E-state index in [2.05, 4.69) is 11.9 Å². The Morgan fingerprint density at radius 1 is 1.15 bits per heavy atom. The van der Waals surface area contributed by atoms with Gasteiger partial charge in [-0.2, -0.15) is 0 Å². The van der Waals surface area contributed by atoms with Crippen molar-refractivity contribution in [1.29, 1.82) is 0 Å². The first-order valence-electron chi connectivity index (χ1n) is 8.42. The monoisotopic (exact) mass is 275 g/mol. The van der Waals surface area contributed by atoms with E-state index in [0.717, 1.165) is 18.9 Å². The second kappa shape index (κ2) is 8.28. The maximum Gasteiger partial charge on any atom is 0.243 e. The molecule has 2 nitrogen and oxygen atoms in total. The van der Waals surface area contributed by atoms with E-state index in [1.807, 2.05) is 11.1 Å². The van der Waals surface area contributed by atoms with E-state index in [1.54, 1.807) is 0 Å². The lowest BCUT2D eigenvalue weighted by Gasteiger charge is -2.33. The average Bonchev–Trinajstić information content (AvgIpc) is 2.32. The third-order valence-electron chi connectivity index (χ3n) is 4.87. The van der Waals surface area contributed by atoms with E-state index in [-0.39, 0.29) is 5.91 Å². The van der Waals surface area contributed by atoms with E-state index in [4.69, 9.17) is 0 Å². The molecule has 1 amide bonds. The van der Waals surface area contributed by atoms with Gasteiger partial charge in [0, 0.05) is 6.54 Å². The summed E-state index contributed by atoms with van der Waals surface area (Å²) in [6.45, 7) is 4.24.